The molecule has 5 nitrogen and oxygen atoms in total. The van der Waals surface area contributed by atoms with E-state index in [0.717, 1.165) is 25.9 Å². The first-order chi connectivity index (χ1) is 10.6. The summed E-state index contributed by atoms with van der Waals surface area (Å²) in [5.74, 6) is 2.41. The van der Waals surface area contributed by atoms with Gasteiger partial charge < -0.3 is 20.1 Å². The second-order valence-corrected chi connectivity index (χ2v) is 5.92. The largest absolute Gasteiger partial charge is 0.497 e. The summed E-state index contributed by atoms with van der Waals surface area (Å²) in [5, 5.41) is 6.31. The van der Waals surface area contributed by atoms with Crippen molar-refractivity contribution in [3.8, 4) is 11.5 Å². The first-order valence-electron chi connectivity index (χ1n) is 7.86. The van der Waals surface area contributed by atoms with Crippen molar-refractivity contribution in [1.29, 1.82) is 0 Å². The molecule has 1 fully saturated rings. The highest BCUT2D eigenvalue weighted by atomic mass is 16.5. The van der Waals surface area contributed by atoms with E-state index in [-0.39, 0.29) is 5.91 Å². The first-order valence-corrected chi connectivity index (χ1v) is 7.86. The quantitative estimate of drug-likeness (QED) is 0.848. The maximum absolute atomic E-state index is 12.3. The molecule has 0 spiro atoms. The molecule has 1 unspecified atom stereocenters. The molecule has 5 heteroatoms. The fourth-order valence-electron chi connectivity index (χ4n) is 2.96. The Kier molecular flexibility index (Phi) is 6.07. The molecular formula is C17H26N2O3. The zero-order valence-corrected chi connectivity index (χ0v) is 13.6. The Bertz CT molecular complexity index is 476. The van der Waals surface area contributed by atoms with Crippen LogP contribution in [0.3, 0.4) is 0 Å². The van der Waals surface area contributed by atoms with Gasteiger partial charge in [0.15, 0.2) is 0 Å². The van der Waals surface area contributed by atoms with Crippen LogP contribution in [-0.4, -0.2) is 33.2 Å². The molecule has 0 saturated carbocycles. The van der Waals surface area contributed by atoms with E-state index < -0.39 is 0 Å². The zero-order chi connectivity index (χ0) is 15.9. The summed E-state index contributed by atoms with van der Waals surface area (Å²) in [7, 11) is 3.19. The van der Waals surface area contributed by atoms with Crippen LogP contribution in [0.15, 0.2) is 18.2 Å². The van der Waals surface area contributed by atoms with E-state index in [1.807, 2.05) is 0 Å². The third-order valence-electron chi connectivity index (χ3n) is 4.33. The van der Waals surface area contributed by atoms with Crippen LogP contribution in [0.1, 0.15) is 26.2 Å². The van der Waals surface area contributed by atoms with Gasteiger partial charge in [-0.3, -0.25) is 4.79 Å². The molecule has 1 heterocycles. The lowest BCUT2D eigenvalue weighted by atomic mass is 9.84. The number of piperidine rings is 1. The topological polar surface area (TPSA) is 59.6 Å². The third-order valence-corrected chi connectivity index (χ3v) is 4.33. The van der Waals surface area contributed by atoms with E-state index in [0.29, 0.717) is 35.4 Å². The van der Waals surface area contributed by atoms with Gasteiger partial charge in [-0.25, -0.2) is 0 Å². The fraction of sp³-hybridized carbons (Fsp3) is 0.588. The van der Waals surface area contributed by atoms with Crippen LogP contribution in [0.5, 0.6) is 11.5 Å². The molecule has 2 N–H and O–H groups in total. The molecule has 1 amide bonds. The van der Waals surface area contributed by atoms with Gasteiger partial charge in [0.05, 0.1) is 14.2 Å². The van der Waals surface area contributed by atoms with E-state index in [2.05, 4.69) is 17.6 Å². The number of carbonyl (C=O) groups excluding carboxylic acids is 1. The number of anilines is 1. The SMILES string of the molecule is COc1cc(NC(=O)CC(C)C2CCNCC2)cc(OC)c1. The monoisotopic (exact) mass is 306 g/mol. The summed E-state index contributed by atoms with van der Waals surface area (Å²) < 4.78 is 10.4. The summed E-state index contributed by atoms with van der Waals surface area (Å²) in [6.07, 6.45) is 2.85. The Morgan fingerprint density at radius 3 is 2.36 bits per heavy atom. The Hall–Kier alpha value is -1.75. The molecule has 0 radical (unpaired) electrons. The van der Waals surface area contributed by atoms with E-state index in [9.17, 15) is 4.79 Å². The Labute approximate surface area is 132 Å². The molecule has 0 bridgehead atoms. The predicted octanol–water partition coefficient (Wildman–Crippen LogP) is 2.67. The molecule has 0 aromatic heterocycles. The van der Waals surface area contributed by atoms with E-state index in [4.69, 9.17) is 9.47 Å². The van der Waals surface area contributed by atoms with Crippen molar-refractivity contribution in [1.82, 2.24) is 5.32 Å². The number of amides is 1. The molecule has 1 aliphatic rings. The number of hydrogen-bond acceptors (Lipinski definition) is 4. The zero-order valence-electron chi connectivity index (χ0n) is 13.6. The number of benzene rings is 1. The van der Waals surface area contributed by atoms with Crippen molar-refractivity contribution >= 4 is 11.6 Å². The molecule has 1 aromatic carbocycles. The summed E-state index contributed by atoms with van der Waals surface area (Å²) in [6.45, 7) is 4.29. The Morgan fingerprint density at radius 1 is 1.23 bits per heavy atom. The summed E-state index contributed by atoms with van der Waals surface area (Å²) >= 11 is 0. The Balaban J connectivity index is 1.93. The molecule has 22 heavy (non-hydrogen) atoms. The number of nitrogens with one attached hydrogen (secondary N) is 2. The van der Waals surface area contributed by atoms with Crippen LogP contribution in [0.2, 0.25) is 0 Å². The van der Waals surface area contributed by atoms with Gasteiger partial charge in [-0.05, 0) is 37.8 Å². The number of methoxy groups -OCH3 is 2. The van der Waals surface area contributed by atoms with Crippen molar-refractivity contribution in [3.05, 3.63) is 18.2 Å². The maximum atomic E-state index is 12.3. The highest BCUT2D eigenvalue weighted by Crippen LogP contribution is 2.27. The molecule has 0 aliphatic carbocycles. The number of ether oxygens (including phenoxy) is 2. The van der Waals surface area contributed by atoms with Gasteiger partial charge in [0.1, 0.15) is 11.5 Å². The highest BCUT2D eigenvalue weighted by Gasteiger charge is 2.22. The maximum Gasteiger partial charge on any atom is 0.224 e. The molecule has 1 saturated heterocycles. The average Bonchev–Trinajstić information content (AvgIpc) is 2.55. The normalized spacial score (nSPS) is 16.9. The number of carbonyl (C=O) groups is 1. The van der Waals surface area contributed by atoms with E-state index in [1.54, 1.807) is 32.4 Å². The summed E-state index contributed by atoms with van der Waals surface area (Å²) in [4.78, 5) is 12.3. The summed E-state index contributed by atoms with van der Waals surface area (Å²) in [5.41, 5.74) is 0.707. The molecule has 1 aromatic rings. The standard InChI is InChI=1S/C17H26N2O3/c1-12(13-4-6-18-7-5-13)8-17(20)19-14-9-15(21-2)11-16(10-14)22-3/h9-13,18H,4-8H2,1-3H3,(H,19,20). The third kappa shape index (κ3) is 4.63. The lowest BCUT2D eigenvalue weighted by Crippen LogP contribution is -2.32. The van der Waals surface area contributed by atoms with Gasteiger partial charge in [-0.1, -0.05) is 6.92 Å². The second kappa shape index (κ2) is 8.03. The molecule has 2 rings (SSSR count). The minimum Gasteiger partial charge on any atom is -0.497 e. The fourth-order valence-corrected chi connectivity index (χ4v) is 2.96. The lowest BCUT2D eigenvalue weighted by molar-refractivity contribution is -0.117. The van der Waals surface area contributed by atoms with Gasteiger partial charge in [-0.15, -0.1) is 0 Å². The van der Waals surface area contributed by atoms with Crippen LogP contribution in [0, 0.1) is 11.8 Å². The summed E-state index contributed by atoms with van der Waals surface area (Å²) in [6, 6.07) is 5.39. The van der Waals surface area contributed by atoms with Crippen molar-refractivity contribution in [3.63, 3.8) is 0 Å². The van der Waals surface area contributed by atoms with Crippen LogP contribution in [-0.2, 0) is 4.79 Å². The van der Waals surface area contributed by atoms with Crippen LogP contribution in [0.25, 0.3) is 0 Å². The second-order valence-electron chi connectivity index (χ2n) is 5.92. The van der Waals surface area contributed by atoms with E-state index in [1.165, 1.54) is 0 Å². The minimum absolute atomic E-state index is 0.0429. The highest BCUT2D eigenvalue weighted by molar-refractivity contribution is 5.91. The lowest BCUT2D eigenvalue weighted by Gasteiger charge is -2.27. The van der Waals surface area contributed by atoms with Gasteiger partial charge in [0, 0.05) is 30.3 Å². The first kappa shape index (κ1) is 16.6. The predicted molar refractivity (Wildman–Crippen MR) is 87.6 cm³/mol. The van der Waals surface area contributed by atoms with Crippen LogP contribution >= 0.6 is 0 Å². The number of hydrogen-bond donors (Lipinski definition) is 2. The van der Waals surface area contributed by atoms with Gasteiger partial charge in [0.25, 0.3) is 0 Å². The van der Waals surface area contributed by atoms with E-state index >= 15 is 0 Å². The molecule has 122 valence electrons. The minimum atomic E-state index is 0.0429. The average molecular weight is 306 g/mol. The molecule has 1 aliphatic heterocycles. The molecular weight excluding hydrogens is 280 g/mol. The number of rotatable bonds is 6. The van der Waals surface area contributed by atoms with Crippen molar-refractivity contribution < 1.29 is 14.3 Å². The van der Waals surface area contributed by atoms with Gasteiger partial charge in [0.2, 0.25) is 5.91 Å². The smallest absolute Gasteiger partial charge is 0.224 e. The van der Waals surface area contributed by atoms with Crippen molar-refractivity contribution in [2.45, 2.75) is 26.2 Å². The van der Waals surface area contributed by atoms with Gasteiger partial charge in [-0.2, -0.15) is 0 Å². The van der Waals surface area contributed by atoms with Gasteiger partial charge >= 0.3 is 0 Å². The molecule has 1 atom stereocenters. The van der Waals surface area contributed by atoms with Crippen LogP contribution < -0.4 is 20.1 Å². The van der Waals surface area contributed by atoms with Crippen LogP contribution in [0.4, 0.5) is 5.69 Å². The van der Waals surface area contributed by atoms with Crippen molar-refractivity contribution in [2.24, 2.45) is 11.8 Å². The Morgan fingerprint density at radius 2 is 1.82 bits per heavy atom. The van der Waals surface area contributed by atoms with Crippen molar-refractivity contribution in [2.75, 3.05) is 32.6 Å².